The van der Waals surface area contributed by atoms with Gasteiger partial charge in [0.1, 0.15) is 5.82 Å². The Morgan fingerprint density at radius 2 is 2.03 bits per heavy atom. The third kappa shape index (κ3) is 6.98. The molecule has 1 fully saturated rings. The molecule has 158 valence electrons. The molecule has 1 saturated heterocycles. The number of nitrogens with one attached hydrogen (secondary N) is 2. The summed E-state index contributed by atoms with van der Waals surface area (Å²) in [4.78, 5) is 10.3. The number of hydrogen-bond donors (Lipinski definition) is 2. The van der Waals surface area contributed by atoms with Gasteiger partial charge in [-0.3, -0.25) is 4.99 Å². The summed E-state index contributed by atoms with van der Waals surface area (Å²) in [5.41, 5.74) is 0.725. The number of rotatable bonds is 7. The third-order valence-corrected chi connectivity index (χ3v) is 5.55. The van der Waals surface area contributed by atoms with Crippen molar-refractivity contribution in [3.05, 3.63) is 59.8 Å². The van der Waals surface area contributed by atoms with Crippen LogP contribution in [0.3, 0.4) is 0 Å². The van der Waals surface area contributed by atoms with Crippen LogP contribution in [0.15, 0.2) is 47.6 Å². The summed E-state index contributed by atoms with van der Waals surface area (Å²) in [7, 11) is 1.73. The van der Waals surface area contributed by atoms with Gasteiger partial charge in [-0.05, 0) is 30.2 Å². The minimum Gasteiger partial charge on any atom is -0.356 e. The summed E-state index contributed by atoms with van der Waals surface area (Å²) in [6, 6.07) is 10.1. The van der Waals surface area contributed by atoms with Gasteiger partial charge in [0.2, 0.25) is 0 Å². The zero-order chi connectivity index (χ0) is 19.8. The van der Waals surface area contributed by atoms with E-state index in [-0.39, 0.29) is 41.7 Å². The Hall–Kier alpha value is -1.62. The van der Waals surface area contributed by atoms with Crippen LogP contribution in [0.1, 0.15) is 12.0 Å². The second kappa shape index (κ2) is 12.2. The first-order chi connectivity index (χ1) is 13.7. The summed E-state index contributed by atoms with van der Waals surface area (Å²) >= 11 is 1.67. The second-order valence-corrected chi connectivity index (χ2v) is 7.63. The molecule has 9 heteroatoms. The highest BCUT2D eigenvalue weighted by Crippen LogP contribution is 2.20. The Morgan fingerprint density at radius 3 is 2.79 bits per heavy atom. The minimum atomic E-state index is -0.294. The second-order valence-electron chi connectivity index (χ2n) is 6.53. The van der Waals surface area contributed by atoms with Gasteiger partial charge in [0.25, 0.3) is 0 Å². The van der Waals surface area contributed by atoms with E-state index in [1.807, 2.05) is 17.0 Å². The van der Waals surface area contributed by atoms with E-state index < -0.39 is 0 Å². The number of hydrogen-bond acceptors (Lipinski definition) is 4. The molecule has 0 spiro atoms. The summed E-state index contributed by atoms with van der Waals surface area (Å²) in [6.45, 7) is 2.15. The van der Waals surface area contributed by atoms with E-state index in [9.17, 15) is 8.78 Å². The molecule has 2 aromatic rings. The fraction of sp³-hybridized carbons (Fsp3) is 0.400. The zero-order valence-electron chi connectivity index (χ0n) is 16.3. The van der Waals surface area contributed by atoms with Gasteiger partial charge in [0.15, 0.2) is 17.6 Å². The van der Waals surface area contributed by atoms with Gasteiger partial charge in [-0.2, -0.15) is 11.8 Å². The SMILES string of the molecule is CN=C(NCCSCc1ccccc1F)NC1CCN(c2ncccc2F)C1.I. The lowest BCUT2D eigenvalue weighted by molar-refractivity contribution is 0.612. The molecule has 1 aromatic carbocycles. The first-order valence-corrected chi connectivity index (χ1v) is 10.5. The number of guanidine groups is 1. The van der Waals surface area contributed by atoms with Crippen molar-refractivity contribution in [2.45, 2.75) is 18.2 Å². The van der Waals surface area contributed by atoms with Crippen molar-refractivity contribution < 1.29 is 8.78 Å². The smallest absolute Gasteiger partial charge is 0.191 e. The van der Waals surface area contributed by atoms with Gasteiger partial charge < -0.3 is 15.5 Å². The van der Waals surface area contributed by atoms with Crippen molar-refractivity contribution in [1.82, 2.24) is 15.6 Å². The van der Waals surface area contributed by atoms with Crippen LogP contribution in [0.5, 0.6) is 0 Å². The number of aromatic nitrogens is 1. The van der Waals surface area contributed by atoms with Gasteiger partial charge in [-0.1, -0.05) is 18.2 Å². The Morgan fingerprint density at radius 1 is 1.24 bits per heavy atom. The van der Waals surface area contributed by atoms with E-state index in [1.165, 1.54) is 12.1 Å². The molecule has 2 heterocycles. The number of anilines is 1. The maximum atomic E-state index is 13.9. The van der Waals surface area contributed by atoms with Gasteiger partial charge >= 0.3 is 0 Å². The molecule has 3 rings (SSSR count). The number of benzene rings is 1. The zero-order valence-corrected chi connectivity index (χ0v) is 19.4. The number of pyridine rings is 1. The lowest BCUT2D eigenvalue weighted by Crippen LogP contribution is -2.45. The molecule has 0 bridgehead atoms. The monoisotopic (exact) mass is 533 g/mol. The van der Waals surface area contributed by atoms with Gasteiger partial charge in [0, 0.05) is 50.4 Å². The fourth-order valence-electron chi connectivity index (χ4n) is 3.11. The van der Waals surface area contributed by atoms with Gasteiger partial charge in [0.05, 0.1) is 0 Å². The topological polar surface area (TPSA) is 52.6 Å². The van der Waals surface area contributed by atoms with Crippen LogP contribution in [0.2, 0.25) is 0 Å². The summed E-state index contributed by atoms with van der Waals surface area (Å²) in [5, 5.41) is 6.66. The number of aliphatic imine (C=N–C) groups is 1. The van der Waals surface area contributed by atoms with Gasteiger partial charge in [-0.25, -0.2) is 13.8 Å². The molecule has 1 atom stereocenters. The molecule has 2 N–H and O–H groups in total. The minimum absolute atomic E-state index is 0. The summed E-state index contributed by atoms with van der Waals surface area (Å²) in [5.74, 6) is 2.16. The van der Waals surface area contributed by atoms with E-state index in [1.54, 1.807) is 37.1 Å². The Balaban J connectivity index is 0.00000300. The standard InChI is InChI=1S/C20H25F2N5S.HI/c1-23-20(25-10-12-28-14-15-5-2-3-6-17(15)21)26-16-8-11-27(13-16)19-18(22)7-4-9-24-19;/h2-7,9,16H,8,10-14H2,1H3,(H2,23,25,26);1H. The molecule has 0 amide bonds. The van der Waals surface area contributed by atoms with Crippen LogP contribution < -0.4 is 15.5 Å². The van der Waals surface area contributed by atoms with E-state index in [4.69, 9.17) is 0 Å². The van der Waals surface area contributed by atoms with E-state index >= 15 is 0 Å². The number of nitrogens with zero attached hydrogens (tertiary/aromatic N) is 3. The third-order valence-electron chi connectivity index (χ3n) is 4.55. The van der Waals surface area contributed by atoms with E-state index in [2.05, 4.69) is 20.6 Å². The quantitative estimate of drug-likeness (QED) is 0.247. The molecule has 1 aliphatic heterocycles. The lowest BCUT2D eigenvalue weighted by Gasteiger charge is -2.20. The average molecular weight is 533 g/mol. The highest BCUT2D eigenvalue weighted by Gasteiger charge is 2.25. The van der Waals surface area contributed by atoms with Crippen molar-refractivity contribution in [2.24, 2.45) is 4.99 Å². The van der Waals surface area contributed by atoms with Crippen LogP contribution in [-0.2, 0) is 5.75 Å². The van der Waals surface area contributed by atoms with Crippen molar-refractivity contribution >= 4 is 47.5 Å². The molecule has 0 saturated carbocycles. The summed E-state index contributed by atoms with van der Waals surface area (Å²) < 4.78 is 27.5. The van der Waals surface area contributed by atoms with Crippen LogP contribution in [0.4, 0.5) is 14.6 Å². The Kier molecular flexibility index (Phi) is 9.92. The molecule has 0 radical (unpaired) electrons. The molecule has 1 aliphatic rings. The molecule has 29 heavy (non-hydrogen) atoms. The predicted molar refractivity (Wildman–Crippen MR) is 127 cm³/mol. The first kappa shape index (κ1) is 23.7. The van der Waals surface area contributed by atoms with Crippen molar-refractivity contribution in [2.75, 3.05) is 37.3 Å². The maximum Gasteiger partial charge on any atom is 0.191 e. The molecule has 5 nitrogen and oxygen atoms in total. The lowest BCUT2D eigenvalue weighted by atomic mass is 10.2. The fourth-order valence-corrected chi connectivity index (χ4v) is 3.95. The van der Waals surface area contributed by atoms with Crippen molar-refractivity contribution in [3.63, 3.8) is 0 Å². The van der Waals surface area contributed by atoms with Crippen molar-refractivity contribution in [1.29, 1.82) is 0 Å². The van der Waals surface area contributed by atoms with Crippen molar-refractivity contribution in [3.8, 4) is 0 Å². The highest BCUT2D eigenvalue weighted by atomic mass is 127. The average Bonchev–Trinajstić information content (AvgIpc) is 3.16. The predicted octanol–water partition coefficient (Wildman–Crippen LogP) is 3.65. The molecule has 1 unspecified atom stereocenters. The number of halogens is 3. The van der Waals surface area contributed by atoms with Gasteiger partial charge in [-0.15, -0.1) is 24.0 Å². The van der Waals surface area contributed by atoms with Crippen LogP contribution in [-0.4, -0.2) is 49.4 Å². The molecule has 0 aliphatic carbocycles. The maximum absolute atomic E-state index is 13.9. The van der Waals surface area contributed by atoms with E-state index in [0.29, 0.717) is 18.1 Å². The van der Waals surface area contributed by atoms with Crippen LogP contribution in [0, 0.1) is 11.6 Å². The van der Waals surface area contributed by atoms with Crippen LogP contribution >= 0.6 is 35.7 Å². The Labute approximate surface area is 191 Å². The van der Waals surface area contributed by atoms with E-state index in [0.717, 1.165) is 36.8 Å². The highest BCUT2D eigenvalue weighted by molar-refractivity contribution is 14.0. The number of thioether (sulfide) groups is 1. The largest absolute Gasteiger partial charge is 0.356 e. The first-order valence-electron chi connectivity index (χ1n) is 9.31. The normalized spacial score (nSPS) is 16.4. The molecule has 1 aromatic heterocycles. The van der Waals surface area contributed by atoms with Crippen LogP contribution in [0.25, 0.3) is 0 Å². The molecular weight excluding hydrogens is 507 g/mol. The summed E-state index contributed by atoms with van der Waals surface area (Å²) in [6.07, 6.45) is 2.50. The Bertz CT molecular complexity index is 808. The molecular formula is C20H26F2IN5S.